The second kappa shape index (κ2) is 6.04. The minimum atomic E-state index is -0.271. The van der Waals surface area contributed by atoms with Crippen molar-refractivity contribution < 1.29 is 0 Å². The summed E-state index contributed by atoms with van der Waals surface area (Å²) in [4.78, 5) is 2.44. The summed E-state index contributed by atoms with van der Waals surface area (Å²) in [6, 6.07) is 3.07. The monoisotopic (exact) mass is 251 g/mol. The van der Waals surface area contributed by atoms with Crippen LogP contribution in [0.3, 0.4) is 0 Å². The van der Waals surface area contributed by atoms with Crippen molar-refractivity contribution in [1.82, 2.24) is 10.2 Å². The van der Waals surface area contributed by atoms with E-state index in [9.17, 15) is 5.26 Å². The first-order valence-corrected chi connectivity index (χ1v) is 7.18. The number of nitriles is 1. The maximum atomic E-state index is 9.44. The molecule has 1 aliphatic rings. The van der Waals surface area contributed by atoms with E-state index in [1.807, 2.05) is 0 Å². The molecule has 0 amide bonds. The predicted molar refractivity (Wildman–Crippen MR) is 76.4 cm³/mol. The number of hydrogen-bond donors (Lipinski definition) is 1. The summed E-state index contributed by atoms with van der Waals surface area (Å²) >= 11 is 0. The molecular weight excluding hydrogens is 222 g/mol. The number of hydrogen-bond acceptors (Lipinski definition) is 3. The fraction of sp³-hybridized carbons (Fsp3) is 0.933. The highest BCUT2D eigenvalue weighted by Gasteiger charge is 2.40. The molecule has 3 heteroatoms. The molecule has 0 spiro atoms. The van der Waals surface area contributed by atoms with E-state index in [-0.39, 0.29) is 5.54 Å². The van der Waals surface area contributed by atoms with Crippen LogP contribution in [0.4, 0.5) is 0 Å². The fourth-order valence-corrected chi connectivity index (χ4v) is 2.94. The summed E-state index contributed by atoms with van der Waals surface area (Å²) in [6.07, 6.45) is 4.18. The van der Waals surface area contributed by atoms with Gasteiger partial charge in [-0.2, -0.15) is 5.26 Å². The Morgan fingerprint density at radius 2 is 2.11 bits per heavy atom. The van der Waals surface area contributed by atoms with Crippen LogP contribution in [-0.2, 0) is 0 Å². The predicted octanol–water partition coefficient (Wildman–Crippen LogP) is 2.78. The lowest BCUT2D eigenvalue weighted by Crippen LogP contribution is -2.44. The lowest BCUT2D eigenvalue weighted by molar-refractivity contribution is 0.169. The molecule has 1 saturated carbocycles. The molecule has 1 N–H and O–H groups in total. The summed E-state index contributed by atoms with van der Waals surface area (Å²) in [5.41, 5.74) is 0.0519. The third-order valence-electron chi connectivity index (χ3n) is 3.76. The third kappa shape index (κ3) is 4.26. The van der Waals surface area contributed by atoms with Gasteiger partial charge in [-0.15, -0.1) is 0 Å². The molecule has 0 aromatic carbocycles. The molecule has 0 bridgehead atoms. The normalized spacial score (nSPS) is 28.6. The summed E-state index contributed by atoms with van der Waals surface area (Å²) in [5, 5.41) is 12.9. The average Bonchev–Trinajstić information content (AvgIpc) is 2.69. The molecule has 2 unspecified atom stereocenters. The van der Waals surface area contributed by atoms with Crippen molar-refractivity contribution in [3.05, 3.63) is 0 Å². The van der Waals surface area contributed by atoms with Gasteiger partial charge in [0, 0.05) is 12.6 Å². The molecular formula is C15H29N3. The SMILES string of the molecule is CCCNC1(C#N)CCC(N(C)CC(C)(C)C)C1. The van der Waals surface area contributed by atoms with Crippen molar-refractivity contribution in [3.8, 4) is 6.07 Å². The van der Waals surface area contributed by atoms with Crippen molar-refractivity contribution in [2.45, 2.75) is 65.0 Å². The maximum Gasteiger partial charge on any atom is 0.108 e. The Morgan fingerprint density at radius 3 is 2.61 bits per heavy atom. The van der Waals surface area contributed by atoms with E-state index in [0.29, 0.717) is 11.5 Å². The Labute approximate surface area is 113 Å². The summed E-state index contributed by atoms with van der Waals surface area (Å²) in [5.74, 6) is 0. The van der Waals surface area contributed by atoms with E-state index in [4.69, 9.17) is 0 Å². The molecule has 0 aromatic rings. The molecule has 1 fully saturated rings. The van der Waals surface area contributed by atoms with Gasteiger partial charge in [0.05, 0.1) is 6.07 Å². The van der Waals surface area contributed by atoms with Crippen LogP contribution in [-0.4, -0.2) is 36.6 Å². The van der Waals surface area contributed by atoms with E-state index in [0.717, 1.165) is 38.8 Å². The zero-order valence-electron chi connectivity index (χ0n) is 12.7. The van der Waals surface area contributed by atoms with E-state index in [1.165, 1.54) is 0 Å². The molecule has 0 heterocycles. The van der Waals surface area contributed by atoms with Gasteiger partial charge in [0.1, 0.15) is 5.54 Å². The van der Waals surface area contributed by atoms with Crippen LogP contribution in [0.2, 0.25) is 0 Å². The van der Waals surface area contributed by atoms with Crippen molar-refractivity contribution >= 4 is 0 Å². The molecule has 104 valence electrons. The Kier molecular flexibility index (Phi) is 5.19. The van der Waals surface area contributed by atoms with Crippen molar-refractivity contribution in [2.75, 3.05) is 20.1 Å². The van der Waals surface area contributed by atoms with E-state index < -0.39 is 0 Å². The first-order valence-electron chi connectivity index (χ1n) is 7.18. The standard InChI is InChI=1S/C15H29N3/c1-6-9-17-15(11-16)8-7-13(10-15)18(5)12-14(2,3)4/h13,17H,6-10,12H2,1-5H3. The molecule has 0 aromatic heterocycles. The van der Waals surface area contributed by atoms with E-state index in [2.05, 4.69) is 51.0 Å². The van der Waals surface area contributed by atoms with Crippen LogP contribution < -0.4 is 5.32 Å². The van der Waals surface area contributed by atoms with Crippen molar-refractivity contribution in [2.24, 2.45) is 5.41 Å². The van der Waals surface area contributed by atoms with Gasteiger partial charge in [0.15, 0.2) is 0 Å². The van der Waals surface area contributed by atoms with E-state index >= 15 is 0 Å². The van der Waals surface area contributed by atoms with Gasteiger partial charge in [-0.1, -0.05) is 27.7 Å². The van der Waals surface area contributed by atoms with Crippen molar-refractivity contribution in [1.29, 1.82) is 5.26 Å². The van der Waals surface area contributed by atoms with Crippen LogP contribution in [0, 0.1) is 16.7 Å². The summed E-state index contributed by atoms with van der Waals surface area (Å²) in [7, 11) is 2.20. The zero-order chi connectivity index (χ0) is 13.8. The Morgan fingerprint density at radius 1 is 1.44 bits per heavy atom. The highest BCUT2D eigenvalue weighted by atomic mass is 15.2. The topological polar surface area (TPSA) is 39.1 Å². The lowest BCUT2D eigenvalue weighted by Gasteiger charge is -2.32. The van der Waals surface area contributed by atoms with Gasteiger partial charge in [-0.05, 0) is 44.7 Å². The zero-order valence-corrected chi connectivity index (χ0v) is 12.7. The van der Waals surface area contributed by atoms with Gasteiger partial charge in [0.25, 0.3) is 0 Å². The molecule has 1 aliphatic carbocycles. The third-order valence-corrected chi connectivity index (χ3v) is 3.76. The number of nitrogens with one attached hydrogen (secondary N) is 1. The number of rotatable bonds is 5. The quantitative estimate of drug-likeness (QED) is 0.816. The number of nitrogens with zero attached hydrogens (tertiary/aromatic N) is 2. The van der Waals surface area contributed by atoms with Gasteiger partial charge in [0.2, 0.25) is 0 Å². The van der Waals surface area contributed by atoms with Crippen LogP contribution in [0.25, 0.3) is 0 Å². The summed E-state index contributed by atoms with van der Waals surface area (Å²) in [6.45, 7) is 11.0. The fourth-order valence-electron chi connectivity index (χ4n) is 2.94. The van der Waals surface area contributed by atoms with Crippen LogP contribution in [0.15, 0.2) is 0 Å². The van der Waals surface area contributed by atoms with E-state index in [1.54, 1.807) is 0 Å². The first-order chi connectivity index (χ1) is 8.32. The minimum Gasteiger partial charge on any atom is -0.303 e. The van der Waals surface area contributed by atoms with Gasteiger partial charge in [-0.3, -0.25) is 5.32 Å². The second-order valence-electron chi connectivity index (χ2n) is 6.99. The molecule has 18 heavy (non-hydrogen) atoms. The average molecular weight is 251 g/mol. The minimum absolute atomic E-state index is 0.271. The first kappa shape index (κ1) is 15.5. The van der Waals surface area contributed by atoms with Gasteiger partial charge < -0.3 is 4.90 Å². The highest BCUT2D eigenvalue weighted by Crippen LogP contribution is 2.33. The molecule has 0 saturated heterocycles. The Bertz CT molecular complexity index is 300. The Balaban J connectivity index is 2.56. The Hall–Kier alpha value is -0.590. The molecule has 0 radical (unpaired) electrons. The van der Waals surface area contributed by atoms with Gasteiger partial charge >= 0.3 is 0 Å². The molecule has 2 atom stereocenters. The van der Waals surface area contributed by atoms with Crippen LogP contribution >= 0.6 is 0 Å². The highest BCUT2D eigenvalue weighted by molar-refractivity contribution is 5.13. The summed E-state index contributed by atoms with van der Waals surface area (Å²) < 4.78 is 0. The largest absolute Gasteiger partial charge is 0.303 e. The van der Waals surface area contributed by atoms with Gasteiger partial charge in [-0.25, -0.2) is 0 Å². The van der Waals surface area contributed by atoms with Crippen molar-refractivity contribution in [3.63, 3.8) is 0 Å². The molecule has 3 nitrogen and oxygen atoms in total. The lowest BCUT2D eigenvalue weighted by atomic mass is 9.94. The molecule has 0 aliphatic heterocycles. The second-order valence-corrected chi connectivity index (χ2v) is 6.99. The van der Waals surface area contributed by atoms with Crippen LogP contribution in [0.1, 0.15) is 53.4 Å². The maximum absolute atomic E-state index is 9.44. The van der Waals surface area contributed by atoms with Crippen LogP contribution in [0.5, 0.6) is 0 Å². The molecule has 1 rings (SSSR count). The smallest absolute Gasteiger partial charge is 0.108 e.